The molecule has 1 aliphatic heterocycles. The van der Waals surface area contributed by atoms with Gasteiger partial charge in [-0.05, 0) is 43.3 Å². The SMILES string of the molecule is Cc1nn(-c2ccccc2)cc1CN1CCc2nc(-c3ccc(Cl)cc3)[nH]c(=O)c2C1. The summed E-state index contributed by atoms with van der Waals surface area (Å²) in [6.45, 7) is 4.20. The van der Waals surface area contributed by atoms with Gasteiger partial charge in [-0.3, -0.25) is 9.69 Å². The second kappa shape index (κ2) is 8.13. The van der Waals surface area contributed by atoms with Gasteiger partial charge < -0.3 is 4.98 Å². The standard InChI is InChI=1S/C24H22ClN5O/c1-16-18(14-30(28-16)20-5-3-2-4-6-20)13-29-12-11-22-21(15-29)24(31)27-23(26-22)17-7-9-19(25)10-8-17/h2-10,14H,11-13,15H2,1H3,(H,26,27,31). The Morgan fingerprint density at radius 1 is 1.10 bits per heavy atom. The van der Waals surface area contributed by atoms with Crippen molar-refractivity contribution in [3.05, 3.63) is 98.7 Å². The molecule has 3 heterocycles. The number of hydrogen-bond acceptors (Lipinski definition) is 4. The van der Waals surface area contributed by atoms with Gasteiger partial charge >= 0.3 is 0 Å². The van der Waals surface area contributed by atoms with E-state index < -0.39 is 0 Å². The zero-order valence-electron chi connectivity index (χ0n) is 17.2. The van der Waals surface area contributed by atoms with Crippen LogP contribution in [-0.2, 0) is 19.5 Å². The molecule has 0 unspecified atom stereocenters. The number of nitrogens with zero attached hydrogens (tertiary/aromatic N) is 4. The number of hydrogen-bond donors (Lipinski definition) is 1. The summed E-state index contributed by atoms with van der Waals surface area (Å²) in [7, 11) is 0. The largest absolute Gasteiger partial charge is 0.306 e. The predicted molar refractivity (Wildman–Crippen MR) is 121 cm³/mol. The Kier molecular flexibility index (Phi) is 5.18. The molecular weight excluding hydrogens is 410 g/mol. The minimum atomic E-state index is -0.0728. The summed E-state index contributed by atoms with van der Waals surface area (Å²) in [5, 5.41) is 5.32. The number of H-pyrrole nitrogens is 1. The van der Waals surface area contributed by atoms with Crippen LogP contribution in [-0.4, -0.2) is 31.2 Å². The first kappa shape index (κ1) is 19.7. The Morgan fingerprint density at radius 2 is 1.87 bits per heavy atom. The fourth-order valence-corrected chi connectivity index (χ4v) is 4.09. The van der Waals surface area contributed by atoms with E-state index in [2.05, 4.69) is 21.2 Å². The molecule has 0 aliphatic carbocycles. The molecule has 4 aromatic rings. The van der Waals surface area contributed by atoms with Crippen LogP contribution in [0.5, 0.6) is 0 Å². The van der Waals surface area contributed by atoms with Crippen molar-refractivity contribution in [2.45, 2.75) is 26.4 Å². The minimum Gasteiger partial charge on any atom is -0.306 e. The number of fused-ring (bicyclic) bond motifs is 1. The topological polar surface area (TPSA) is 66.8 Å². The summed E-state index contributed by atoms with van der Waals surface area (Å²) >= 11 is 5.97. The highest BCUT2D eigenvalue weighted by molar-refractivity contribution is 6.30. The number of aromatic amines is 1. The van der Waals surface area contributed by atoms with E-state index in [0.29, 0.717) is 17.4 Å². The molecule has 156 valence electrons. The van der Waals surface area contributed by atoms with Crippen molar-refractivity contribution in [1.29, 1.82) is 0 Å². The van der Waals surface area contributed by atoms with Gasteiger partial charge in [0.05, 0.1) is 22.6 Å². The van der Waals surface area contributed by atoms with E-state index in [1.807, 2.05) is 54.1 Å². The Balaban J connectivity index is 1.36. The average molecular weight is 432 g/mol. The highest BCUT2D eigenvalue weighted by Gasteiger charge is 2.22. The summed E-state index contributed by atoms with van der Waals surface area (Å²) in [4.78, 5) is 22.8. The number of nitrogens with one attached hydrogen (secondary N) is 1. The fraction of sp³-hybridized carbons (Fsp3) is 0.208. The van der Waals surface area contributed by atoms with E-state index in [9.17, 15) is 4.79 Å². The summed E-state index contributed by atoms with van der Waals surface area (Å²) in [5.74, 6) is 0.592. The van der Waals surface area contributed by atoms with Crippen LogP contribution in [0.25, 0.3) is 17.1 Å². The molecule has 0 saturated carbocycles. The first-order chi connectivity index (χ1) is 15.1. The molecule has 0 amide bonds. The lowest BCUT2D eigenvalue weighted by atomic mass is 10.1. The summed E-state index contributed by atoms with van der Waals surface area (Å²) in [6, 6.07) is 17.4. The maximum Gasteiger partial charge on any atom is 0.255 e. The molecule has 7 heteroatoms. The molecule has 2 aromatic carbocycles. The lowest BCUT2D eigenvalue weighted by Crippen LogP contribution is -2.35. The van der Waals surface area contributed by atoms with Gasteiger partial charge in [-0.1, -0.05) is 29.8 Å². The summed E-state index contributed by atoms with van der Waals surface area (Å²) in [5.41, 5.74) is 5.61. The van der Waals surface area contributed by atoms with Gasteiger partial charge in [0.1, 0.15) is 5.82 Å². The molecule has 2 aromatic heterocycles. The predicted octanol–water partition coefficient (Wildman–Crippen LogP) is 4.14. The zero-order valence-corrected chi connectivity index (χ0v) is 17.9. The zero-order chi connectivity index (χ0) is 21.4. The van der Waals surface area contributed by atoms with Crippen LogP contribution in [0.2, 0.25) is 5.02 Å². The maximum absolute atomic E-state index is 12.8. The minimum absolute atomic E-state index is 0.0728. The van der Waals surface area contributed by atoms with E-state index in [1.54, 1.807) is 12.1 Å². The van der Waals surface area contributed by atoms with Gasteiger partial charge in [-0.2, -0.15) is 5.10 Å². The van der Waals surface area contributed by atoms with Gasteiger partial charge in [0.2, 0.25) is 0 Å². The fourth-order valence-electron chi connectivity index (χ4n) is 3.97. The monoisotopic (exact) mass is 431 g/mol. The van der Waals surface area contributed by atoms with Crippen LogP contribution in [0.3, 0.4) is 0 Å². The van der Waals surface area contributed by atoms with E-state index >= 15 is 0 Å². The first-order valence-electron chi connectivity index (χ1n) is 10.3. The lowest BCUT2D eigenvalue weighted by molar-refractivity contribution is 0.241. The molecule has 0 fully saturated rings. The van der Waals surface area contributed by atoms with Gasteiger partial charge in [0.15, 0.2) is 0 Å². The van der Waals surface area contributed by atoms with Gasteiger partial charge in [0.25, 0.3) is 5.56 Å². The Morgan fingerprint density at radius 3 is 2.65 bits per heavy atom. The Bertz CT molecular complexity index is 1280. The smallest absolute Gasteiger partial charge is 0.255 e. The number of para-hydroxylation sites is 1. The van der Waals surface area contributed by atoms with Gasteiger partial charge in [0, 0.05) is 48.4 Å². The average Bonchev–Trinajstić information content (AvgIpc) is 3.15. The van der Waals surface area contributed by atoms with Crippen LogP contribution in [0.1, 0.15) is 22.5 Å². The number of halogens is 1. The molecule has 0 radical (unpaired) electrons. The molecule has 1 aliphatic rings. The molecule has 6 nitrogen and oxygen atoms in total. The van der Waals surface area contributed by atoms with Crippen LogP contribution < -0.4 is 5.56 Å². The summed E-state index contributed by atoms with van der Waals surface area (Å²) in [6.07, 6.45) is 2.82. The maximum atomic E-state index is 12.8. The third-order valence-electron chi connectivity index (χ3n) is 5.68. The van der Waals surface area contributed by atoms with Crippen molar-refractivity contribution in [1.82, 2.24) is 24.6 Å². The number of aromatic nitrogens is 4. The van der Waals surface area contributed by atoms with Crippen molar-refractivity contribution < 1.29 is 0 Å². The van der Waals surface area contributed by atoms with Crippen LogP contribution in [0.15, 0.2) is 65.6 Å². The van der Waals surface area contributed by atoms with Crippen LogP contribution in [0, 0.1) is 6.92 Å². The van der Waals surface area contributed by atoms with E-state index in [-0.39, 0.29) is 5.56 Å². The van der Waals surface area contributed by atoms with Crippen molar-refractivity contribution in [2.24, 2.45) is 0 Å². The lowest BCUT2D eigenvalue weighted by Gasteiger charge is -2.27. The van der Waals surface area contributed by atoms with Crippen LogP contribution >= 0.6 is 11.6 Å². The number of benzene rings is 2. The van der Waals surface area contributed by atoms with Crippen molar-refractivity contribution >= 4 is 11.6 Å². The molecule has 0 bridgehead atoms. The number of rotatable bonds is 4. The second-order valence-electron chi connectivity index (χ2n) is 7.83. The Labute approximate surface area is 185 Å². The molecule has 0 spiro atoms. The van der Waals surface area contributed by atoms with Crippen molar-refractivity contribution in [3.63, 3.8) is 0 Å². The van der Waals surface area contributed by atoms with E-state index in [1.165, 1.54) is 0 Å². The van der Waals surface area contributed by atoms with Gasteiger partial charge in [-0.25, -0.2) is 9.67 Å². The van der Waals surface area contributed by atoms with Gasteiger partial charge in [-0.15, -0.1) is 0 Å². The molecule has 0 saturated heterocycles. The quantitative estimate of drug-likeness (QED) is 0.527. The second-order valence-corrected chi connectivity index (χ2v) is 8.26. The van der Waals surface area contributed by atoms with E-state index in [0.717, 1.165) is 53.3 Å². The first-order valence-corrected chi connectivity index (χ1v) is 10.7. The molecule has 31 heavy (non-hydrogen) atoms. The molecule has 0 atom stereocenters. The van der Waals surface area contributed by atoms with Crippen molar-refractivity contribution in [2.75, 3.05) is 6.54 Å². The molecular formula is C24H22ClN5O. The third-order valence-corrected chi connectivity index (χ3v) is 5.93. The third kappa shape index (κ3) is 4.04. The highest BCUT2D eigenvalue weighted by Crippen LogP contribution is 2.22. The summed E-state index contributed by atoms with van der Waals surface area (Å²) < 4.78 is 1.91. The van der Waals surface area contributed by atoms with Crippen LogP contribution in [0.4, 0.5) is 0 Å². The highest BCUT2D eigenvalue weighted by atomic mass is 35.5. The molecule has 1 N–H and O–H groups in total. The van der Waals surface area contributed by atoms with Crippen molar-refractivity contribution in [3.8, 4) is 17.1 Å². The Hall–Kier alpha value is -3.22. The molecule has 5 rings (SSSR count). The normalized spacial score (nSPS) is 13.9. The van der Waals surface area contributed by atoms with E-state index in [4.69, 9.17) is 16.6 Å². The number of aryl methyl sites for hydroxylation is 1.